The summed E-state index contributed by atoms with van der Waals surface area (Å²) in [6.45, 7) is 10.6. The molecule has 1 aliphatic heterocycles. The van der Waals surface area contributed by atoms with Gasteiger partial charge < -0.3 is 25.2 Å². The number of carbonyl (C=O) groups is 2. The number of carboxylic acid groups (broad SMARTS) is 1. The summed E-state index contributed by atoms with van der Waals surface area (Å²) in [5, 5.41) is 35.0. The molecule has 2 unspecified atom stereocenters. The highest BCUT2D eigenvalue weighted by Crippen LogP contribution is 2.39. The molecule has 13 nitrogen and oxygen atoms in total. The largest absolute Gasteiger partial charge is 0.465 e. The van der Waals surface area contributed by atoms with Crippen molar-refractivity contribution in [2.45, 2.75) is 57.9 Å². The zero-order valence-electron chi connectivity index (χ0n) is 24.0. The van der Waals surface area contributed by atoms with E-state index >= 15 is 0 Å². The van der Waals surface area contributed by atoms with Crippen LogP contribution in [0.15, 0.2) is 30.7 Å². The summed E-state index contributed by atoms with van der Waals surface area (Å²) in [6, 6.07) is 3.89. The van der Waals surface area contributed by atoms with Gasteiger partial charge in [0.1, 0.15) is 17.8 Å². The number of nitrogens with one attached hydrogen (secondary N) is 2. The van der Waals surface area contributed by atoms with Gasteiger partial charge in [-0.05, 0) is 31.5 Å². The van der Waals surface area contributed by atoms with E-state index in [0.717, 1.165) is 17.1 Å². The molecular formula is C27H35ClN8O5Si. The number of carbonyl (C=O) groups excluding carboxylic acids is 1. The fourth-order valence-corrected chi connectivity index (χ4v) is 6.04. The predicted octanol–water partition coefficient (Wildman–Crippen LogP) is 4.20. The highest BCUT2D eigenvalue weighted by molar-refractivity contribution is 6.76. The first kappa shape index (κ1) is 29.8. The molecule has 4 heterocycles. The van der Waals surface area contributed by atoms with Crippen LogP contribution >= 0.6 is 11.6 Å². The Labute approximate surface area is 248 Å². The minimum atomic E-state index is -1.35. The maximum Gasteiger partial charge on any atom is 0.410 e. The molecule has 0 aliphatic carbocycles. The molecule has 0 saturated carbocycles. The molecule has 15 heteroatoms. The minimum Gasteiger partial charge on any atom is -0.465 e. The molecule has 2 atom stereocenters. The Kier molecular flexibility index (Phi) is 8.41. The number of nitrogens with zero attached hydrogens (tertiary/aromatic N) is 6. The van der Waals surface area contributed by atoms with Crippen LogP contribution in [0.1, 0.15) is 35.3 Å². The number of fused-ring (bicyclic) bond motifs is 2. The third-order valence-corrected chi connectivity index (χ3v) is 9.18. The molecule has 2 amide bonds. The van der Waals surface area contributed by atoms with E-state index in [2.05, 4.69) is 45.3 Å². The number of amides is 2. The number of anilines is 2. The highest BCUT2D eigenvalue weighted by Gasteiger charge is 2.30. The van der Waals surface area contributed by atoms with Gasteiger partial charge in [-0.3, -0.25) is 10.1 Å². The molecule has 42 heavy (non-hydrogen) atoms. The lowest BCUT2D eigenvalue weighted by atomic mass is 10.0. The molecule has 1 aliphatic rings. The van der Waals surface area contributed by atoms with Crippen LogP contribution in [0.2, 0.25) is 30.7 Å². The number of aliphatic hydroxyl groups is 1. The summed E-state index contributed by atoms with van der Waals surface area (Å²) in [4.78, 5) is 31.3. The number of benzene rings is 1. The number of aromatic nitrogens is 5. The second kappa shape index (κ2) is 11.9. The molecule has 0 bridgehead atoms. The van der Waals surface area contributed by atoms with Crippen molar-refractivity contribution in [1.29, 1.82) is 0 Å². The van der Waals surface area contributed by atoms with E-state index in [-0.39, 0.29) is 23.8 Å². The molecule has 3 aromatic heterocycles. The predicted molar refractivity (Wildman–Crippen MR) is 162 cm³/mol. The lowest BCUT2D eigenvalue weighted by Crippen LogP contribution is -2.30. The van der Waals surface area contributed by atoms with Crippen molar-refractivity contribution in [2.24, 2.45) is 0 Å². The first-order valence-electron chi connectivity index (χ1n) is 13.8. The summed E-state index contributed by atoms with van der Waals surface area (Å²) < 4.78 is 8.97. The van der Waals surface area contributed by atoms with Crippen LogP contribution < -0.4 is 15.5 Å². The summed E-state index contributed by atoms with van der Waals surface area (Å²) in [6.07, 6.45) is 3.68. The number of halogens is 1. The van der Waals surface area contributed by atoms with E-state index in [1.54, 1.807) is 23.0 Å². The van der Waals surface area contributed by atoms with Crippen LogP contribution in [0.5, 0.6) is 0 Å². The average Bonchev–Trinajstić information content (AvgIpc) is 3.62. The van der Waals surface area contributed by atoms with E-state index in [1.165, 1.54) is 10.7 Å². The van der Waals surface area contributed by atoms with Gasteiger partial charge >= 0.3 is 6.09 Å². The first-order valence-corrected chi connectivity index (χ1v) is 17.8. The van der Waals surface area contributed by atoms with E-state index in [9.17, 15) is 19.8 Å². The van der Waals surface area contributed by atoms with Crippen LogP contribution in [-0.2, 0) is 11.5 Å². The van der Waals surface area contributed by atoms with E-state index in [4.69, 9.17) is 21.4 Å². The first-order chi connectivity index (χ1) is 19.9. The maximum absolute atomic E-state index is 13.6. The number of hydrogen-bond acceptors (Lipinski definition) is 8. The Morgan fingerprint density at radius 3 is 2.76 bits per heavy atom. The Balaban J connectivity index is 1.49. The van der Waals surface area contributed by atoms with Crippen molar-refractivity contribution < 1.29 is 24.5 Å². The van der Waals surface area contributed by atoms with Crippen molar-refractivity contribution in [3.05, 3.63) is 46.9 Å². The zero-order chi connectivity index (χ0) is 30.2. The second-order valence-corrected chi connectivity index (χ2v) is 17.7. The normalized spacial score (nSPS) is 16.3. The van der Waals surface area contributed by atoms with E-state index in [0.29, 0.717) is 42.2 Å². The van der Waals surface area contributed by atoms with Crippen LogP contribution in [0.25, 0.3) is 16.6 Å². The van der Waals surface area contributed by atoms with Crippen LogP contribution in [0.4, 0.5) is 16.3 Å². The Morgan fingerprint density at radius 2 is 2.07 bits per heavy atom. The number of β-amino-alcohol motifs (C(OH)–C–C–N with tert-alkyl or cyclic N) is 1. The Morgan fingerprint density at radius 1 is 1.29 bits per heavy atom. The quantitative estimate of drug-likeness (QED) is 0.152. The fourth-order valence-electron chi connectivity index (χ4n) is 5.03. The molecule has 224 valence electrons. The molecular weight excluding hydrogens is 580 g/mol. The Hall–Kier alpha value is -3.72. The van der Waals surface area contributed by atoms with Gasteiger partial charge in [0.15, 0.2) is 11.5 Å². The van der Waals surface area contributed by atoms with Gasteiger partial charge in [-0.1, -0.05) is 31.2 Å². The minimum absolute atomic E-state index is 0.00471. The number of hydrogen-bond donors (Lipinski definition) is 4. The molecule has 1 aromatic carbocycles. The Bertz CT molecular complexity index is 1630. The van der Waals surface area contributed by atoms with Crippen LogP contribution in [-0.4, -0.2) is 80.5 Å². The lowest BCUT2D eigenvalue weighted by Gasteiger charge is -2.26. The number of aliphatic hydroxyl groups excluding tert-OH is 1. The third kappa shape index (κ3) is 6.36. The topological polar surface area (TPSA) is 159 Å². The van der Waals surface area contributed by atoms with Gasteiger partial charge in [0.05, 0.1) is 22.9 Å². The molecule has 1 saturated heterocycles. The van der Waals surface area contributed by atoms with Crippen molar-refractivity contribution in [3.63, 3.8) is 0 Å². The van der Waals surface area contributed by atoms with Gasteiger partial charge in [0.25, 0.3) is 5.91 Å². The average molecular weight is 615 g/mol. The van der Waals surface area contributed by atoms with Crippen molar-refractivity contribution >= 4 is 59.7 Å². The van der Waals surface area contributed by atoms with Crippen molar-refractivity contribution in [3.8, 4) is 0 Å². The van der Waals surface area contributed by atoms with E-state index < -0.39 is 32.2 Å². The van der Waals surface area contributed by atoms with Gasteiger partial charge in [-0.25, -0.2) is 19.0 Å². The van der Waals surface area contributed by atoms with Gasteiger partial charge in [-0.15, -0.1) is 5.10 Å². The van der Waals surface area contributed by atoms with Crippen molar-refractivity contribution in [1.82, 2.24) is 29.7 Å². The number of ether oxygens (including phenoxy) is 1. The van der Waals surface area contributed by atoms with Gasteiger partial charge in [0, 0.05) is 57.3 Å². The molecule has 5 rings (SSSR count). The molecule has 0 spiro atoms. The van der Waals surface area contributed by atoms with Gasteiger partial charge in [0.2, 0.25) is 0 Å². The maximum atomic E-state index is 13.6. The highest BCUT2D eigenvalue weighted by atomic mass is 35.5. The van der Waals surface area contributed by atoms with Gasteiger partial charge in [-0.2, -0.15) is 5.10 Å². The molecule has 0 radical (unpaired) electrons. The summed E-state index contributed by atoms with van der Waals surface area (Å²) in [5.41, 5.74) is 2.32. The van der Waals surface area contributed by atoms with Crippen molar-refractivity contribution in [2.75, 3.05) is 29.9 Å². The van der Waals surface area contributed by atoms with E-state index in [1.807, 2.05) is 13.1 Å². The zero-order valence-corrected chi connectivity index (χ0v) is 25.7. The third-order valence-electron chi connectivity index (χ3n) is 7.16. The second-order valence-electron chi connectivity index (χ2n) is 11.7. The lowest BCUT2D eigenvalue weighted by molar-refractivity contribution is 0.0791. The molecule has 1 fully saturated rings. The summed E-state index contributed by atoms with van der Waals surface area (Å²) in [7, 11) is -1.23. The monoisotopic (exact) mass is 614 g/mol. The number of rotatable bonds is 10. The molecule has 4 aromatic rings. The van der Waals surface area contributed by atoms with Crippen LogP contribution in [0, 0.1) is 0 Å². The summed E-state index contributed by atoms with van der Waals surface area (Å²) >= 11 is 6.78. The standard InChI is InChI=1S/C27H35ClN8O5Si/c1-16(30-26(38)21-24(31-27(39)40)33-36-8-5-7-29-25(21)36)18-12-20(28)19-14-35(15-41-10-11-42(2,3)4)32-22(19)23(18)34-9-6-17(37)13-34/h5,7-8,12,14,16-17,37H,6,9-11,13,15H2,1-4H3,(H,30,38)(H,31,33)(H,39,40). The fraction of sp³-hybridized carbons (Fsp3) is 0.444. The summed E-state index contributed by atoms with van der Waals surface area (Å²) in [5.74, 6) is -0.694. The smallest absolute Gasteiger partial charge is 0.410 e. The SMILES string of the molecule is CC(NC(=O)c1c(NC(=O)O)nn2cccnc12)c1cc(Cl)c2cn(COCC[Si](C)(C)C)nc2c1N1CCC(O)C1. The molecule has 4 N–H and O–H groups in total. The van der Waals surface area contributed by atoms with Crippen LogP contribution in [0.3, 0.4) is 0 Å².